The standard InChI is InChI=1S/C29H32N2O5/c32-21-9-8-19-14-22-29(35)15-20(27(34)30-12-10-17-4-2-1-3-5-17)24(33)26-28(29,23(19)25(21)36-26)11-13-31(22)16-18-6-7-18/h1-5,8-9,18,22,26,32-33,35H,6-7,10-16H2,(H,30,34)/t22-,26+,28+,29-/m1/s1. The van der Waals surface area contributed by atoms with Gasteiger partial charge in [-0.2, -0.15) is 0 Å². The zero-order valence-electron chi connectivity index (χ0n) is 20.2. The van der Waals surface area contributed by atoms with E-state index in [-0.39, 0.29) is 35.5 Å². The van der Waals surface area contributed by atoms with E-state index in [1.165, 1.54) is 12.8 Å². The summed E-state index contributed by atoms with van der Waals surface area (Å²) in [6.45, 7) is 2.17. The van der Waals surface area contributed by atoms with Gasteiger partial charge in [-0.25, -0.2) is 0 Å². The Kier molecular flexibility index (Phi) is 4.77. The van der Waals surface area contributed by atoms with Gasteiger partial charge in [-0.05, 0) is 61.8 Å². The van der Waals surface area contributed by atoms with Crippen LogP contribution in [0.25, 0.3) is 0 Å². The third-order valence-corrected chi connectivity index (χ3v) is 9.33. The molecule has 0 radical (unpaired) electrons. The van der Waals surface area contributed by atoms with Crippen molar-refractivity contribution in [1.29, 1.82) is 0 Å². The van der Waals surface area contributed by atoms with E-state index >= 15 is 0 Å². The van der Waals surface area contributed by atoms with Gasteiger partial charge in [0.05, 0.1) is 16.6 Å². The number of phenols is 1. The number of carbonyl (C=O) groups excluding carboxylic acids is 1. The molecular formula is C29H32N2O5. The van der Waals surface area contributed by atoms with Crippen LogP contribution >= 0.6 is 0 Å². The molecule has 5 aliphatic rings. The number of hydrogen-bond acceptors (Lipinski definition) is 6. The molecule has 2 heterocycles. The number of piperidine rings is 1. The summed E-state index contributed by atoms with van der Waals surface area (Å²) in [5.74, 6) is 0.550. The number of phenolic OH excluding ortho intramolecular Hbond substituents is 1. The van der Waals surface area contributed by atoms with E-state index in [1.807, 2.05) is 36.4 Å². The average molecular weight is 489 g/mol. The van der Waals surface area contributed by atoms with Gasteiger partial charge in [-0.15, -0.1) is 0 Å². The van der Waals surface area contributed by atoms with Crippen LogP contribution in [0.5, 0.6) is 11.5 Å². The first-order valence-electron chi connectivity index (χ1n) is 13.1. The largest absolute Gasteiger partial charge is 0.508 e. The highest BCUT2D eigenvalue weighted by Gasteiger charge is 2.73. The van der Waals surface area contributed by atoms with E-state index in [9.17, 15) is 20.1 Å². The van der Waals surface area contributed by atoms with Gasteiger partial charge in [-0.3, -0.25) is 9.69 Å². The lowest BCUT2D eigenvalue weighted by molar-refractivity contribution is -0.172. The summed E-state index contributed by atoms with van der Waals surface area (Å²) in [5, 5.41) is 37.7. The molecule has 2 bridgehead atoms. The number of likely N-dealkylation sites (tertiary alicyclic amines) is 1. The average Bonchev–Trinajstić information content (AvgIpc) is 3.61. The van der Waals surface area contributed by atoms with Crippen molar-refractivity contribution in [1.82, 2.24) is 10.2 Å². The highest BCUT2D eigenvalue weighted by Crippen LogP contribution is 2.66. The van der Waals surface area contributed by atoms with Crippen molar-refractivity contribution in [2.24, 2.45) is 5.92 Å². The number of nitrogens with zero attached hydrogens (tertiary/aromatic N) is 1. The zero-order valence-corrected chi connectivity index (χ0v) is 20.2. The molecule has 3 aliphatic carbocycles. The van der Waals surface area contributed by atoms with Gasteiger partial charge >= 0.3 is 0 Å². The third kappa shape index (κ3) is 2.96. The molecule has 2 aromatic carbocycles. The lowest BCUT2D eigenvalue weighted by Crippen LogP contribution is -2.75. The van der Waals surface area contributed by atoms with Gasteiger partial charge in [0, 0.05) is 31.1 Å². The number of hydrogen-bond donors (Lipinski definition) is 4. The van der Waals surface area contributed by atoms with Gasteiger partial charge in [0.2, 0.25) is 0 Å². The number of nitrogens with one attached hydrogen (secondary N) is 1. The Bertz CT molecular complexity index is 1270. The number of aromatic hydroxyl groups is 1. The van der Waals surface area contributed by atoms with Gasteiger partial charge in [0.1, 0.15) is 5.76 Å². The van der Waals surface area contributed by atoms with Gasteiger partial charge < -0.3 is 25.4 Å². The Morgan fingerprint density at radius 1 is 1.14 bits per heavy atom. The fourth-order valence-electron chi connectivity index (χ4n) is 7.44. The molecule has 0 unspecified atom stereocenters. The third-order valence-electron chi connectivity index (χ3n) is 9.33. The smallest absolute Gasteiger partial charge is 0.250 e. The van der Waals surface area contributed by atoms with E-state index in [0.717, 1.165) is 29.8 Å². The van der Waals surface area contributed by atoms with Crippen LogP contribution in [0.15, 0.2) is 53.8 Å². The zero-order chi connectivity index (χ0) is 24.7. The van der Waals surface area contributed by atoms with E-state index < -0.39 is 17.1 Å². The van der Waals surface area contributed by atoms with Gasteiger partial charge in [0.25, 0.3) is 5.91 Å². The van der Waals surface area contributed by atoms with E-state index in [4.69, 9.17) is 4.74 Å². The maximum absolute atomic E-state index is 13.4. The molecule has 2 fully saturated rings. The van der Waals surface area contributed by atoms with Crippen molar-refractivity contribution in [3.05, 3.63) is 70.5 Å². The van der Waals surface area contributed by atoms with Crippen molar-refractivity contribution in [2.45, 2.75) is 61.7 Å². The second-order valence-corrected chi connectivity index (χ2v) is 11.3. The summed E-state index contributed by atoms with van der Waals surface area (Å²) in [6, 6.07) is 13.3. The first kappa shape index (κ1) is 22.2. The Morgan fingerprint density at radius 3 is 2.72 bits per heavy atom. The monoisotopic (exact) mass is 488 g/mol. The highest BCUT2D eigenvalue weighted by molar-refractivity contribution is 5.95. The molecular weight excluding hydrogens is 456 g/mol. The molecule has 4 atom stereocenters. The second kappa shape index (κ2) is 7.73. The number of aliphatic hydroxyl groups excluding tert-OH is 1. The molecule has 7 heteroatoms. The second-order valence-electron chi connectivity index (χ2n) is 11.3. The number of carbonyl (C=O) groups is 1. The fraction of sp³-hybridized carbons (Fsp3) is 0.483. The van der Waals surface area contributed by atoms with Crippen molar-refractivity contribution < 1.29 is 24.9 Å². The Morgan fingerprint density at radius 2 is 1.94 bits per heavy atom. The van der Waals surface area contributed by atoms with Gasteiger partial charge in [-0.1, -0.05) is 36.4 Å². The first-order chi connectivity index (χ1) is 17.4. The van der Waals surface area contributed by atoms with Crippen LogP contribution in [0.4, 0.5) is 0 Å². The van der Waals surface area contributed by atoms with Crippen LogP contribution < -0.4 is 10.1 Å². The lowest BCUT2D eigenvalue weighted by Gasteiger charge is -2.62. The topological polar surface area (TPSA) is 102 Å². The van der Waals surface area contributed by atoms with E-state index in [1.54, 1.807) is 6.07 Å². The van der Waals surface area contributed by atoms with Crippen LogP contribution in [-0.2, 0) is 23.1 Å². The minimum Gasteiger partial charge on any atom is -0.508 e. The summed E-state index contributed by atoms with van der Waals surface area (Å²) >= 11 is 0. The summed E-state index contributed by atoms with van der Waals surface area (Å²) in [7, 11) is 0. The van der Waals surface area contributed by atoms with Crippen LogP contribution in [0, 0.1) is 5.92 Å². The van der Waals surface area contributed by atoms with E-state index in [2.05, 4.69) is 10.2 Å². The Labute approximate surface area is 210 Å². The van der Waals surface area contributed by atoms with Crippen molar-refractivity contribution in [3.8, 4) is 11.5 Å². The normalized spacial score (nSPS) is 32.1. The number of rotatable bonds is 6. The SMILES string of the molecule is O=C(NCCc1ccccc1)C1=C(O)[C@@H]2Oc3c(O)ccc4c3[C@@]23CCN(CC2CC2)[C@H](C4)[C@]3(O)C1. The summed E-state index contributed by atoms with van der Waals surface area (Å²) < 4.78 is 6.25. The van der Waals surface area contributed by atoms with Crippen LogP contribution in [0.3, 0.4) is 0 Å². The summed E-state index contributed by atoms with van der Waals surface area (Å²) in [6.07, 6.45) is 3.54. The molecule has 1 amide bonds. The summed E-state index contributed by atoms with van der Waals surface area (Å²) in [4.78, 5) is 15.8. The predicted molar refractivity (Wildman–Crippen MR) is 133 cm³/mol. The number of benzene rings is 2. The molecule has 1 spiro atoms. The molecule has 4 N–H and O–H groups in total. The molecule has 2 aliphatic heterocycles. The van der Waals surface area contributed by atoms with Gasteiger partial charge in [0.15, 0.2) is 17.6 Å². The molecule has 36 heavy (non-hydrogen) atoms. The van der Waals surface area contributed by atoms with Crippen LogP contribution in [0.1, 0.15) is 42.4 Å². The number of amides is 1. The van der Waals surface area contributed by atoms with Crippen molar-refractivity contribution >= 4 is 5.91 Å². The van der Waals surface area contributed by atoms with Crippen molar-refractivity contribution in [3.63, 3.8) is 0 Å². The Hall–Kier alpha value is -3.03. The quantitative estimate of drug-likeness (QED) is 0.499. The highest BCUT2D eigenvalue weighted by atomic mass is 16.5. The minimum absolute atomic E-state index is 0.0143. The van der Waals surface area contributed by atoms with Crippen molar-refractivity contribution in [2.75, 3.05) is 19.6 Å². The predicted octanol–water partition coefficient (Wildman–Crippen LogP) is 2.74. The van der Waals surface area contributed by atoms with E-state index in [0.29, 0.717) is 37.5 Å². The number of ether oxygens (including phenoxy) is 1. The molecule has 2 aromatic rings. The maximum atomic E-state index is 13.4. The lowest BCUT2D eigenvalue weighted by atomic mass is 9.49. The molecule has 1 saturated heterocycles. The minimum atomic E-state index is -1.28. The molecule has 188 valence electrons. The fourth-order valence-corrected chi connectivity index (χ4v) is 7.44. The summed E-state index contributed by atoms with van der Waals surface area (Å²) in [5.41, 5.74) is 1.04. The molecule has 1 saturated carbocycles. The molecule has 7 nitrogen and oxygen atoms in total. The molecule has 7 rings (SSSR count). The Balaban J connectivity index is 1.26. The first-order valence-corrected chi connectivity index (χ1v) is 13.1. The van der Waals surface area contributed by atoms with Crippen LogP contribution in [-0.4, -0.2) is 63.5 Å². The number of aliphatic hydroxyl groups is 2. The van der Waals surface area contributed by atoms with Crippen LogP contribution in [0.2, 0.25) is 0 Å². The molecule has 0 aromatic heterocycles. The maximum Gasteiger partial charge on any atom is 0.250 e.